The number of nitrogens with zero attached hydrogens (tertiary/aromatic N) is 4. The molecule has 5 amide bonds. The highest BCUT2D eigenvalue weighted by molar-refractivity contribution is 5.94. The number of likely N-dealkylation sites (tertiary alicyclic amines) is 3. The Balaban J connectivity index is 1.03. The molecule has 3 saturated heterocycles. The molecule has 1 aliphatic carbocycles. The van der Waals surface area contributed by atoms with Gasteiger partial charge in [0, 0.05) is 56.4 Å². The fraction of sp³-hybridized carbons (Fsp3) is 0.677. The number of para-hydroxylation sites is 1. The smallest absolute Gasteiger partial charge is 0.322 e. The van der Waals surface area contributed by atoms with Crippen molar-refractivity contribution < 1.29 is 19.2 Å². The minimum atomic E-state index is -0.816. The van der Waals surface area contributed by atoms with Crippen LogP contribution in [-0.4, -0.2) is 101 Å². The van der Waals surface area contributed by atoms with Crippen LogP contribution < -0.4 is 10.6 Å². The SMILES string of the molecule is O=C(N[C@@H](CC(=O)N1CCC(N2Cc3ccccc3NC2=O)CC1)C(=O)N1CCC(N2CCCCC2)CC1)C1CC1. The van der Waals surface area contributed by atoms with Gasteiger partial charge < -0.3 is 30.2 Å². The van der Waals surface area contributed by atoms with Crippen LogP contribution in [0.25, 0.3) is 0 Å². The molecule has 1 atom stereocenters. The lowest BCUT2D eigenvalue weighted by molar-refractivity contribution is -0.142. The van der Waals surface area contributed by atoms with Crippen LogP contribution in [0.3, 0.4) is 0 Å². The molecule has 4 aliphatic heterocycles. The van der Waals surface area contributed by atoms with E-state index in [1.165, 1.54) is 19.3 Å². The van der Waals surface area contributed by atoms with Crippen LogP contribution in [0.1, 0.15) is 69.8 Å². The molecule has 0 unspecified atom stereocenters. The van der Waals surface area contributed by atoms with Gasteiger partial charge >= 0.3 is 6.03 Å². The summed E-state index contributed by atoms with van der Waals surface area (Å²) in [6.07, 6.45) is 8.80. The van der Waals surface area contributed by atoms with Crippen molar-refractivity contribution in [1.82, 2.24) is 24.9 Å². The van der Waals surface area contributed by atoms with E-state index in [2.05, 4.69) is 15.5 Å². The Labute approximate surface area is 242 Å². The van der Waals surface area contributed by atoms with Crippen LogP contribution in [0, 0.1) is 5.92 Å². The molecule has 4 heterocycles. The van der Waals surface area contributed by atoms with Gasteiger partial charge in [-0.3, -0.25) is 14.4 Å². The van der Waals surface area contributed by atoms with Crippen molar-refractivity contribution in [3.8, 4) is 0 Å². The molecule has 6 rings (SSSR count). The summed E-state index contributed by atoms with van der Waals surface area (Å²) in [5.41, 5.74) is 1.96. The van der Waals surface area contributed by atoms with Gasteiger partial charge in [-0.2, -0.15) is 0 Å². The second-order valence-electron chi connectivity index (χ2n) is 12.5. The number of amides is 5. The Hall–Kier alpha value is -3.14. The Bertz CT molecular complexity index is 1130. The number of carbonyl (C=O) groups is 4. The van der Waals surface area contributed by atoms with Gasteiger partial charge in [0.15, 0.2) is 0 Å². The second-order valence-corrected chi connectivity index (χ2v) is 12.5. The predicted octanol–water partition coefficient (Wildman–Crippen LogP) is 2.79. The minimum absolute atomic E-state index is 0.00834. The number of hydrogen-bond acceptors (Lipinski definition) is 5. The first-order chi connectivity index (χ1) is 20.0. The van der Waals surface area contributed by atoms with Crippen LogP contribution in [0.5, 0.6) is 0 Å². The predicted molar refractivity (Wildman–Crippen MR) is 155 cm³/mol. The Kier molecular flexibility index (Phi) is 8.46. The molecule has 0 spiro atoms. The number of piperidine rings is 3. The maximum Gasteiger partial charge on any atom is 0.322 e. The molecule has 4 fully saturated rings. The third-order valence-corrected chi connectivity index (χ3v) is 9.74. The minimum Gasteiger partial charge on any atom is -0.344 e. The van der Waals surface area contributed by atoms with Gasteiger partial charge in [0.05, 0.1) is 6.42 Å². The molecule has 41 heavy (non-hydrogen) atoms. The highest BCUT2D eigenvalue weighted by atomic mass is 16.2. The topological polar surface area (TPSA) is 105 Å². The van der Waals surface area contributed by atoms with Gasteiger partial charge in [0.2, 0.25) is 17.7 Å². The molecule has 0 aromatic heterocycles. The molecular weight excluding hydrogens is 520 g/mol. The molecular formula is C31H44N6O4. The van der Waals surface area contributed by atoms with Crippen molar-refractivity contribution in [3.05, 3.63) is 29.8 Å². The van der Waals surface area contributed by atoms with Crippen molar-refractivity contribution in [1.29, 1.82) is 0 Å². The quantitative estimate of drug-likeness (QED) is 0.530. The number of rotatable bonds is 7. The van der Waals surface area contributed by atoms with E-state index in [-0.39, 0.29) is 42.1 Å². The Morgan fingerprint density at radius 1 is 0.829 bits per heavy atom. The summed E-state index contributed by atoms with van der Waals surface area (Å²) in [6, 6.07) is 7.52. The Morgan fingerprint density at radius 2 is 1.49 bits per heavy atom. The van der Waals surface area contributed by atoms with Crippen LogP contribution in [0.4, 0.5) is 10.5 Å². The summed E-state index contributed by atoms with van der Waals surface area (Å²) in [5.74, 6) is -0.353. The zero-order chi connectivity index (χ0) is 28.3. The zero-order valence-corrected chi connectivity index (χ0v) is 24.1. The van der Waals surface area contributed by atoms with Crippen molar-refractivity contribution in [2.75, 3.05) is 44.6 Å². The lowest BCUT2D eigenvalue weighted by Gasteiger charge is -2.41. The van der Waals surface area contributed by atoms with Gasteiger partial charge in [-0.15, -0.1) is 0 Å². The number of urea groups is 1. The molecule has 1 aromatic rings. The summed E-state index contributed by atoms with van der Waals surface area (Å²) in [4.78, 5) is 60.7. The number of benzene rings is 1. The molecule has 0 radical (unpaired) electrons. The van der Waals surface area contributed by atoms with Gasteiger partial charge in [-0.1, -0.05) is 24.6 Å². The summed E-state index contributed by atoms with van der Waals surface area (Å²) >= 11 is 0. The number of fused-ring (bicyclic) bond motifs is 1. The van der Waals surface area contributed by atoms with Crippen LogP contribution in [-0.2, 0) is 20.9 Å². The first kappa shape index (κ1) is 28.0. The summed E-state index contributed by atoms with van der Waals surface area (Å²) < 4.78 is 0. The van der Waals surface area contributed by atoms with Gasteiger partial charge in [0.1, 0.15) is 6.04 Å². The Morgan fingerprint density at radius 3 is 2.20 bits per heavy atom. The number of anilines is 1. The largest absolute Gasteiger partial charge is 0.344 e. The molecule has 5 aliphatic rings. The van der Waals surface area contributed by atoms with Crippen molar-refractivity contribution in [3.63, 3.8) is 0 Å². The highest BCUT2D eigenvalue weighted by Crippen LogP contribution is 2.30. The maximum atomic E-state index is 13.6. The van der Waals surface area contributed by atoms with Crippen LogP contribution in [0.15, 0.2) is 24.3 Å². The monoisotopic (exact) mass is 564 g/mol. The molecule has 10 heteroatoms. The van der Waals surface area contributed by atoms with E-state index in [1.807, 2.05) is 34.1 Å². The van der Waals surface area contributed by atoms with Gasteiger partial charge in [0.25, 0.3) is 0 Å². The average molecular weight is 565 g/mol. The lowest BCUT2D eigenvalue weighted by Crippen LogP contribution is -2.55. The fourth-order valence-corrected chi connectivity index (χ4v) is 7.04. The van der Waals surface area contributed by atoms with E-state index in [0.717, 1.165) is 50.0 Å². The van der Waals surface area contributed by atoms with E-state index in [9.17, 15) is 19.2 Å². The normalized spacial score (nSPS) is 23.5. The summed E-state index contributed by atoms with van der Waals surface area (Å²) in [5, 5.41) is 5.93. The molecule has 0 bridgehead atoms. The standard InChI is InChI=1S/C31H44N6O4/c38-28(35-16-12-25(13-17-35)37-21-23-6-2-3-7-26(23)33-31(37)41)20-27(32-29(39)22-8-9-22)30(40)36-18-10-24(11-19-36)34-14-4-1-5-15-34/h2-3,6-7,22,24-25,27H,1,4-5,8-21H2,(H,32,39)(H,33,41)/t27-/m0/s1. The van der Waals surface area contributed by atoms with E-state index in [1.54, 1.807) is 4.90 Å². The lowest BCUT2D eigenvalue weighted by atomic mass is 9.98. The molecule has 2 N–H and O–H groups in total. The van der Waals surface area contributed by atoms with Crippen LogP contribution in [0.2, 0.25) is 0 Å². The van der Waals surface area contributed by atoms with Crippen molar-refractivity contribution >= 4 is 29.4 Å². The van der Waals surface area contributed by atoms with E-state index in [4.69, 9.17) is 0 Å². The van der Waals surface area contributed by atoms with E-state index in [0.29, 0.717) is 51.6 Å². The van der Waals surface area contributed by atoms with Crippen molar-refractivity contribution in [2.24, 2.45) is 5.92 Å². The van der Waals surface area contributed by atoms with E-state index >= 15 is 0 Å². The maximum absolute atomic E-state index is 13.6. The first-order valence-electron chi connectivity index (χ1n) is 15.7. The highest BCUT2D eigenvalue weighted by Gasteiger charge is 2.38. The third-order valence-electron chi connectivity index (χ3n) is 9.74. The average Bonchev–Trinajstić information content (AvgIpc) is 3.87. The van der Waals surface area contributed by atoms with Gasteiger partial charge in [-0.25, -0.2) is 4.79 Å². The fourth-order valence-electron chi connectivity index (χ4n) is 7.04. The number of carbonyl (C=O) groups excluding carboxylic acids is 4. The zero-order valence-electron chi connectivity index (χ0n) is 24.1. The number of nitrogens with one attached hydrogen (secondary N) is 2. The summed E-state index contributed by atoms with van der Waals surface area (Å²) in [6.45, 7) is 5.30. The van der Waals surface area contributed by atoms with Crippen molar-refractivity contribution in [2.45, 2.75) is 88.9 Å². The molecule has 10 nitrogen and oxygen atoms in total. The molecule has 222 valence electrons. The molecule has 1 aromatic carbocycles. The van der Waals surface area contributed by atoms with Crippen LogP contribution >= 0.6 is 0 Å². The number of hydrogen-bond donors (Lipinski definition) is 2. The molecule has 1 saturated carbocycles. The van der Waals surface area contributed by atoms with E-state index < -0.39 is 6.04 Å². The summed E-state index contributed by atoms with van der Waals surface area (Å²) in [7, 11) is 0. The van der Waals surface area contributed by atoms with Gasteiger partial charge in [-0.05, 0) is 76.1 Å². The first-order valence-corrected chi connectivity index (χ1v) is 15.7. The second kappa shape index (κ2) is 12.4. The third kappa shape index (κ3) is 6.52.